The molecule has 30 heavy (non-hydrogen) atoms. The van der Waals surface area contributed by atoms with Crippen LogP contribution in [0, 0.1) is 0 Å². The van der Waals surface area contributed by atoms with Crippen molar-refractivity contribution in [3.8, 4) is 23.0 Å². The number of rotatable bonds is 6. The normalized spacial score (nSPS) is 10.9. The molecule has 0 spiro atoms. The van der Waals surface area contributed by atoms with E-state index < -0.39 is 0 Å². The van der Waals surface area contributed by atoms with Gasteiger partial charge in [0.1, 0.15) is 17.0 Å². The number of phenols is 1. The lowest BCUT2D eigenvalue weighted by atomic mass is 10.1. The van der Waals surface area contributed by atoms with Gasteiger partial charge in [-0.3, -0.25) is 4.79 Å². The van der Waals surface area contributed by atoms with Gasteiger partial charge in [0.2, 0.25) is 5.89 Å². The lowest BCUT2D eigenvalue weighted by molar-refractivity contribution is 0.102. The highest BCUT2D eigenvalue weighted by Crippen LogP contribution is 2.33. The van der Waals surface area contributed by atoms with Crippen molar-refractivity contribution in [2.24, 2.45) is 0 Å². The summed E-state index contributed by atoms with van der Waals surface area (Å²) in [5, 5.41) is 13.7. The number of aromatic hydroxyl groups is 1. The first kappa shape index (κ1) is 19.8. The van der Waals surface area contributed by atoms with Crippen LogP contribution >= 0.6 is 11.6 Å². The van der Waals surface area contributed by atoms with Gasteiger partial charge in [0.05, 0.1) is 12.2 Å². The van der Waals surface area contributed by atoms with Crippen molar-refractivity contribution in [3.63, 3.8) is 0 Å². The molecule has 0 bridgehead atoms. The highest BCUT2D eigenvalue weighted by Gasteiger charge is 2.14. The number of nitrogens with one attached hydrogen (secondary N) is 1. The molecule has 0 radical (unpaired) electrons. The number of halogens is 1. The van der Waals surface area contributed by atoms with Gasteiger partial charge in [-0.1, -0.05) is 18.5 Å². The van der Waals surface area contributed by atoms with E-state index in [1.165, 1.54) is 6.07 Å². The van der Waals surface area contributed by atoms with E-state index in [0.29, 0.717) is 39.5 Å². The number of ether oxygens (including phenoxy) is 1. The minimum absolute atomic E-state index is 0.0613. The number of carbonyl (C=O) groups excluding carboxylic acids is 1. The van der Waals surface area contributed by atoms with Crippen LogP contribution in [0.15, 0.2) is 65.1 Å². The Morgan fingerprint density at radius 2 is 1.93 bits per heavy atom. The second kappa shape index (κ2) is 8.47. The van der Waals surface area contributed by atoms with E-state index in [1.807, 2.05) is 6.92 Å². The molecule has 0 aliphatic carbocycles. The van der Waals surface area contributed by atoms with E-state index in [2.05, 4.69) is 10.3 Å². The van der Waals surface area contributed by atoms with E-state index in [1.54, 1.807) is 54.6 Å². The van der Waals surface area contributed by atoms with Gasteiger partial charge < -0.3 is 19.6 Å². The first-order chi connectivity index (χ1) is 14.5. The van der Waals surface area contributed by atoms with Crippen molar-refractivity contribution in [3.05, 3.63) is 71.2 Å². The van der Waals surface area contributed by atoms with Gasteiger partial charge in [-0.05, 0) is 61.0 Å². The molecule has 0 saturated heterocycles. The quantitative estimate of drug-likeness (QED) is 0.404. The number of hydrogen-bond donors (Lipinski definition) is 2. The zero-order chi connectivity index (χ0) is 21.1. The Hall–Kier alpha value is -3.51. The van der Waals surface area contributed by atoms with Crippen molar-refractivity contribution in [2.45, 2.75) is 13.3 Å². The lowest BCUT2D eigenvalue weighted by Crippen LogP contribution is -2.11. The maximum Gasteiger partial charge on any atom is 0.255 e. The molecule has 1 heterocycles. The van der Waals surface area contributed by atoms with E-state index >= 15 is 0 Å². The Morgan fingerprint density at radius 3 is 2.67 bits per heavy atom. The van der Waals surface area contributed by atoms with Crippen LogP contribution in [0.1, 0.15) is 23.7 Å². The second-order valence-electron chi connectivity index (χ2n) is 6.69. The zero-order valence-corrected chi connectivity index (χ0v) is 16.9. The van der Waals surface area contributed by atoms with Crippen molar-refractivity contribution in [1.82, 2.24) is 4.98 Å². The Morgan fingerprint density at radius 1 is 1.13 bits per heavy atom. The number of phenolic OH excluding ortho intramolecular Hbond substituents is 1. The molecule has 0 aliphatic rings. The third-order valence-corrected chi connectivity index (χ3v) is 4.66. The van der Waals surface area contributed by atoms with Gasteiger partial charge in [-0.15, -0.1) is 0 Å². The molecular weight excluding hydrogens is 404 g/mol. The van der Waals surface area contributed by atoms with E-state index in [4.69, 9.17) is 20.8 Å². The molecule has 6 nitrogen and oxygen atoms in total. The number of fused-ring (bicyclic) bond motifs is 1. The average Bonchev–Trinajstić information content (AvgIpc) is 3.15. The van der Waals surface area contributed by atoms with Crippen LogP contribution in [0.2, 0.25) is 5.02 Å². The first-order valence-electron chi connectivity index (χ1n) is 9.47. The monoisotopic (exact) mass is 422 g/mol. The van der Waals surface area contributed by atoms with Gasteiger partial charge in [-0.2, -0.15) is 0 Å². The highest BCUT2D eigenvalue weighted by molar-refractivity contribution is 6.31. The van der Waals surface area contributed by atoms with Gasteiger partial charge in [0.25, 0.3) is 5.91 Å². The molecular formula is C23H19ClN2O4. The molecule has 152 valence electrons. The summed E-state index contributed by atoms with van der Waals surface area (Å²) in [7, 11) is 0. The topological polar surface area (TPSA) is 84.6 Å². The molecule has 0 fully saturated rings. The van der Waals surface area contributed by atoms with Crippen LogP contribution in [0.3, 0.4) is 0 Å². The molecule has 7 heteroatoms. The third-order valence-electron chi connectivity index (χ3n) is 4.42. The summed E-state index contributed by atoms with van der Waals surface area (Å²) in [4.78, 5) is 16.8. The van der Waals surface area contributed by atoms with E-state index in [9.17, 15) is 9.90 Å². The Kier molecular flexibility index (Phi) is 5.59. The Balaban J connectivity index is 1.50. The Labute approximate surface area is 178 Å². The maximum atomic E-state index is 12.5. The smallest absolute Gasteiger partial charge is 0.255 e. The predicted octanol–water partition coefficient (Wildman–Crippen LogP) is 5.89. The standard InChI is InChI=1S/C23H19ClN2O4/c1-2-11-29-17-7-3-14(4-8-17)22(28)25-16-6-9-18(20(27)13-16)23-26-19-12-15(24)5-10-21(19)30-23/h3-10,12-13,27H,2,11H2,1H3,(H,25,28). The molecule has 0 aliphatic heterocycles. The minimum atomic E-state index is -0.291. The van der Waals surface area contributed by atoms with Crippen molar-refractivity contribution in [2.75, 3.05) is 11.9 Å². The molecule has 1 aromatic heterocycles. The second-order valence-corrected chi connectivity index (χ2v) is 7.13. The number of benzene rings is 3. The van der Waals surface area contributed by atoms with E-state index in [0.717, 1.165) is 12.2 Å². The summed E-state index contributed by atoms with van der Waals surface area (Å²) in [6.07, 6.45) is 0.916. The fourth-order valence-corrected chi connectivity index (χ4v) is 3.10. The summed E-state index contributed by atoms with van der Waals surface area (Å²) in [5.41, 5.74) is 2.51. The van der Waals surface area contributed by atoms with Crippen LogP contribution in [0.5, 0.6) is 11.5 Å². The van der Waals surface area contributed by atoms with Gasteiger partial charge in [-0.25, -0.2) is 4.98 Å². The van der Waals surface area contributed by atoms with Crippen LogP contribution in [-0.2, 0) is 0 Å². The number of amides is 1. The number of hydrogen-bond acceptors (Lipinski definition) is 5. The highest BCUT2D eigenvalue weighted by atomic mass is 35.5. The number of carbonyl (C=O) groups is 1. The minimum Gasteiger partial charge on any atom is -0.507 e. The molecule has 4 rings (SSSR count). The summed E-state index contributed by atoms with van der Waals surface area (Å²) in [6.45, 7) is 2.66. The number of anilines is 1. The zero-order valence-electron chi connectivity index (χ0n) is 16.2. The summed E-state index contributed by atoms with van der Waals surface area (Å²) >= 11 is 5.98. The number of aromatic nitrogens is 1. The van der Waals surface area contributed by atoms with E-state index in [-0.39, 0.29) is 17.5 Å². The molecule has 0 unspecified atom stereocenters. The first-order valence-corrected chi connectivity index (χ1v) is 9.85. The van der Waals surface area contributed by atoms with Crippen LogP contribution in [-0.4, -0.2) is 22.6 Å². The summed E-state index contributed by atoms with van der Waals surface area (Å²) in [5.74, 6) is 0.634. The molecule has 4 aromatic rings. The van der Waals surface area contributed by atoms with Gasteiger partial charge >= 0.3 is 0 Å². The largest absolute Gasteiger partial charge is 0.507 e. The number of oxazole rings is 1. The van der Waals surface area contributed by atoms with Crippen LogP contribution in [0.25, 0.3) is 22.6 Å². The fourth-order valence-electron chi connectivity index (χ4n) is 2.93. The van der Waals surface area contributed by atoms with Crippen LogP contribution in [0.4, 0.5) is 5.69 Å². The van der Waals surface area contributed by atoms with Gasteiger partial charge in [0.15, 0.2) is 5.58 Å². The fraction of sp³-hybridized carbons (Fsp3) is 0.130. The van der Waals surface area contributed by atoms with Crippen molar-refractivity contribution >= 4 is 34.3 Å². The van der Waals surface area contributed by atoms with Crippen LogP contribution < -0.4 is 10.1 Å². The molecule has 0 saturated carbocycles. The molecule has 0 atom stereocenters. The molecule has 2 N–H and O–H groups in total. The van der Waals surface area contributed by atoms with Crippen molar-refractivity contribution in [1.29, 1.82) is 0 Å². The third kappa shape index (κ3) is 4.23. The SMILES string of the molecule is CCCOc1ccc(C(=O)Nc2ccc(-c3nc4cc(Cl)ccc4o3)c(O)c2)cc1. The molecule has 3 aromatic carbocycles. The lowest BCUT2D eigenvalue weighted by Gasteiger charge is -2.09. The maximum absolute atomic E-state index is 12.5. The summed E-state index contributed by atoms with van der Waals surface area (Å²) < 4.78 is 11.2. The average molecular weight is 423 g/mol. The summed E-state index contributed by atoms with van der Waals surface area (Å²) in [6, 6.07) is 16.8. The molecule has 1 amide bonds. The Bertz CT molecular complexity index is 1200. The van der Waals surface area contributed by atoms with Gasteiger partial charge in [0, 0.05) is 22.3 Å². The predicted molar refractivity (Wildman–Crippen MR) is 116 cm³/mol. The van der Waals surface area contributed by atoms with Crippen molar-refractivity contribution < 1.29 is 19.1 Å². The number of nitrogens with zero attached hydrogens (tertiary/aromatic N) is 1.